The van der Waals surface area contributed by atoms with Crippen LogP contribution in [0, 0.1) is 0 Å². The molecule has 94 valence electrons. The van der Waals surface area contributed by atoms with Gasteiger partial charge in [0.05, 0.1) is 5.69 Å². The number of hydrogen-bond donors (Lipinski definition) is 3. The van der Waals surface area contributed by atoms with E-state index >= 15 is 0 Å². The molecule has 0 bridgehead atoms. The average Bonchev–Trinajstić information content (AvgIpc) is 2.67. The summed E-state index contributed by atoms with van der Waals surface area (Å²) in [6, 6.07) is 6.64. The molecule has 0 unspecified atom stereocenters. The number of carbonyl (C=O) groups is 1. The molecule has 0 radical (unpaired) electrons. The molecular formula is C11H11N3O4. The second-order valence-corrected chi connectivity index (χ2v) is 3.76. The lowest BCUT2D eigenvalue weighted by Crippen LogP contribution is -2.24. The van der Waals surface area contributed by atoms with E-state index in [4.69, 9.17) is 5.11 Å². The number of nitrogens with one attached hydrogen (secondary N) is 2. The highest BCUT2D eigenvalue weighted by atomic mass is 16.4. The highest BCUT2D eigenvalue weighted by molar-refractivity contribution is 5.67. The van der Waals surface area contributed by atoms with Crippen LogP contribution >= 0.6 is 0 Å². The van der Waals surface area contributed by atoms with Crippen molar-refractivity contribution in [2.75, 3.05) is 0 Å². The van der Waals surface area contributed by atoms with E-state index < -0.39 is 17.3 Å². The van der Waals surface area contributed by atoms with Crippen LogP contribution in [-0.2, 0) is 11.2 Å². The molecule has 0 fully saturated rings. The lowest BCUT2D eigenvalue weighted by Gasteiger charge is -2.03. The number of rotatable bonds is 4. The van der Waals surface area contributed by atoms with Crippen molar-refractivity contribution in [2.45, 2.75) is 12.8 Å². The fraction of sp³-hybridized carbons (Fsp3) is 0.182. The van der Waals surface area contributed by atoms with Crippen molar-refractivity contribution < 1.29 is 9.90 Å². The molecule has 0 saturated carbocycles. The first-order valence-corrected chi connectivity index (χ1v) is 5.29. The minimum Gasteiger partial charge on any atom is -0.481 e. The summed E-state index contributed by atoms with van der Waals surface area (Å²) in [4.78, 5) is 33.3. The molecule has 1 aromatic heterocycles. The second-order valence-electron chi connectivity index (χ2n) is 3.76. The third kappa shape index (κ3) is 2.40. The lowest BCUT2D eigenvalue weighted by molar-refractivity contribution is -0.136. The zero-order valence-electron chi connectivity index (χ0n) is 9.34. The van der Waals surface area contributed by atoms with E-state index in [1.165, 1.54) is 0 Å². The average molecular weight is 249 g/mol. The SMILES string of the molecule is O=C(O)CCc1cccc(-n2c(=O)[nH][nH]c2=O)c1. The third-order valence-electron chi connectivity index (χ3n) is 2.48. The quantitative estimate of drug-likeness (QED) is 0.701. The van der Waals surface area contributed by atoms with Crippen molar-refractivity contribution in [3.8, 4) is 5.69 Å². The zero-order valence-corrected chi connectivity index (χ0v) is 9.34. The van der Waals surface area contributed by atoms with Crippen LogP contribution in [0.25, 0.3) is 5.69 Å². The molecule has 0 aliphatic rings. The molecule has 0 atom stereocenters. The highest BCUT2D eigenvalue weighted by Gasteiger charge is 2.07. The first-order chi connectivity index (χ1) is 8.58. The Morgan fingerprint density at radius 3 is 2.50 bits per heavy atom. The molecule has 0 saturated heterocycles. The van der Waals surface area contributed by atoms with Crippen molar-refractivity contribution in [3.05, 3.63) is 50.8 Å². The molecule has 1 heterocycles. The topological polar surface area (TPSA) is 108 Å². The van der Waals surface area contributed by atoms with Gasteiger partial charge in [0, 0.05) is 6.42 Å². The number of aryl methyl sites for hydroxylation is 1. The van der Waals surface area contributed by atoms with Gasteiger partial charge in [0.15, 0.2) is 0 Å². The second kappa shape index (κ2) is 4.74. The minimum atomic E-state index is -0.892. The molecule has 2 aromatic rings. The zero-order chi connectivity index (χ0) is 13.1. The Labute approximate surface area is 101 Å². The van der Waals surface area contributed by atoms with Crippen LogP contribution in [0.4, 0.5) is 0 Å². The van der Waals surface area contributed by atoms with Crippen molar-refractivity contribution in [2.24, 2.45) is 0 Å². The van der Waals surface area contributed by atoms with Gasteiger partial charge in [-0.3, -0.25) is 4.79 Å². The van der Waals surface area contributed by atoms with E-state index in [0.717, 1.165) is 10.1 Å². The summed E-state index contributed by atoms with van der Waals surface area (Å²) >= 11 is 0. The molecule has 0 aliphatic heterocycles. The van der Waals surface area contributed by atoms with Gasteiger partial charge in [-0.05, 0) is 24.1 Å². The normalized spacial score (nSPS) is 10.4. The van der Waals surface area contributed by atoms with E-state index in [1.54, 1.807) is 24.3 Å². The van der Waals surface area contributed by atoms with Gasteiger partial charge in [0.25, 0.3) is 0 Å². The van der Waals surface area contributed by atoms with Crippen LogP contribution in [-0.4, -0.2) is 25.8 Å². The fourth-order valence-corrected chi connectivity index (χ4v) is 1.65. The van der Waals surface area contributed by atoms with E-state index in [2.05, 4.69) is 10.2 Å². The van der Waals surface area contributed by atoms with Gasteiger partial charge in [-0.1, -0.05) is 12.1 Å². The number of aliphatic carboxylic acids is 1. The standard InChI is InChI=1S/C11H11N3O4/c15-9(16)5-4-7-2-1-3-8(6-7)14-10(17)12-13-11(14)18/h1-3,6H,4-5H2,(H,12,17)(H,13,18)(H,15,16). The monoisotopic (exact) mass is 249 g/mol. The summed E-state index contributed by atoms with van der Waals surface area (Å²) in [6.07, 6.45) is 0.349. The molecule has 7 heteroatoms. The Hall–Kier alpha value is -2.57. The van der Waals surface area contributed by atoms with Gasteiger partial charge in [-0.15, -0.1) is 0 Å². The predicted molar refractivity (Wildman–Crippen MR) is 63.0 cm³/mol. The molecule has 0 aliphatic carbocycles. The number of hydrogen-bond acceptors (Lipinski definition) is 3. The van der Waals surface area contributed by atoms with Crippen LogP contribution < -0.4 is 11.4 Å². The van der Waals surface area contributed by atoms with Crippen molar-refractivity contribution in [3.63, 3.8) is 0 Å². The summed E-state index contributed by atoms with van der Waals surface area (Å²) < 4.78 is 0.949. The maximum Gasteiger partial charge on any atom is 0.348 e. The van der Waals surface area contributed by atoms with E-state index in [9.17, 15) is 14.4 Å². The summed E-state index contributed by atoms with van der Waals surface area (Å²) in [5.74, 6) is -0.892. The summed E-state index contributed by atoms with van der Waals surface area (Å²) in [7, 11) is 0. The van der Waals surface area contributed by atoms with Crippen molar-refractivity contribution in [1.82, 2.24) is 14.8 Å². The van der Waals surface area contributed by atoms with Gasteiger partial charge in [-0.2, -0.15) is 0 Å². The summed E-state index contributed by atoms with van der Waals surface area (Å²) in [5.41, 5.74) is 0.0403. The van der Waals surface area contributed by atoms with Gasteiger partial charge in [0.2, 0.25) is 0 Å². The van der Waals surface area contributed by atoms with Crippen LogP contribution in [0.5, 0.6) is 0 Å². The Morgan fingerprint density at radius 2 is 1.89 bits per heavy atom. The lowest BCUT2D eigenvalue weighted by atomic mass is 10.1. The largest absolute Gasteiger partial charge is 0.481 e. The van der Waals surface area contributed by atoms with Crippen LogP contribution in [0.1, 0.15) is 12.0 Å². The first-order valence-electron chi connectivity index (χ1n) is 5.29. The number of carboxylic acids is 1. The number of benzene rings is 1. The Balaban J connectivity index is 2.36. The number of H-pyrrole nitrogens is 2. The number of nitrogens with zero attached hydrogens (tertiary/aromatic N) is 1. The highest BCUT2D eigenvalue weighted by Crippen LogP contribution is 2.09. The molecular weight excluding hydrogens is 238 g/mol. The van der Waals surface area contributed by atoms with Crippen LogP contribution in [0.3, 0.4) is 0 Å². The minimum absolute atomic E-state index is 0.00183. The van der Waals surface area contributed by atoms with Gasteiger partial charge < -0.3 is 5.11 Å². The van der Waals surface area contributed by atoms with Gasteiger partial charge >= 0.3 is 17.3 Å². The van der Waals surface area contributed by atoms with Crippen molar-refractivity contribution in [1.29, 1.82) is 0 Å². The Kier molecular flexibility index (Phi) is 3.13. The smallest absolute Gasteiger partial charge is 0.348 e. The van der Waals surface area contributed by atoms with E-state index in [1.807, 2.05) is 0 Å². The molecule has 0 spiro atoms. The maximum atomic E-state index is 11.4. The molecule has 2 rings (SSSR count). The van der Waals surface area contributed by atoms with Crippen molar-refractivity contribution >= 4 is 5.97 Å². The van der Waals surface area contributed by atoms with Gasteiger partial charge in [-0.25, -0.2) is 24.4 Å². The molecule has 3 N–H and O–H groups in total. The third-order valence-corrected chi connectivity index (χ3v) is 2.48. The number of aromatic amines is 2. The summed E-state index contributed by atoms with van der Waals surface area (Å²) in [6.45, 7) is 0. The van der Waals surface area contributed by atoms with E-state index in [0.29, 0.717) is 12.1 Å². The number of aromatic nitrogens is 3. The molecule has 1 aromatic carbocycles. The Bertz CT molecular complexity index is 652. The molecule has 0 amide bonds. The maximum absolute atomic E-state index is 11.4. The summed E-state index contributed by atoms with van der Waals surface area (Å²) in [5, 5.41) is 13.0. The van der Waals surface area contributed by atoms with Crippen LogP contribution in [0.2, 0.25) is 0 Å². The predicted octanol–water partition coefficient (Wildman–Crippen LogP) is -0.129. The molecule has 7 nitrogen and oxygen atoms in total. The fourth-order valence-electron chi connectivity index (χ4n) is 1.65. The number of carboxylic acid groups (broad SMARTS) is 1. The van der Waals surface area contributed by atoms with Crippen LogP contribution in [0.15, 0.2) is 33.9 Å². The van der Waals surface area contributed by atoms with Gasteiger partial charge in [0.1, 0.15) is 0 Å². The first kappa shape index (κ1) is 11.9. The van der Waals surface area contributed by atoms with E-state index in [-0.39, 0.29) is 6.42 Å². The molecule has 18 heavy (non-hydrogen) atoms. The Morgan fingerprint density at radius 1 is 1.22 bits per heavy atom.